The van der Waals surface area contributed by atoms with E-state index in [-0.39, 0.29) is 15.7 Å². The number of alkyl halides is 3. The van der Waals surface area contributed by atoms with E-state index in [1.807, 2.05) is 4.83 Å². The van der Waals surface area contributed by atoms with Crippen molar-refractivity contribution in [2.45, 2.75) is 11.1 Å². The van der Waals surface area contributed by atoms with Crippen molar-refractivity contribution in [1.29, 1.82) is 0 Å². The fourth-order valence-corrected chi connectivity index (χ4v) is 2.54. The lowest BCUT2D eigenvalue weighted by Crippen LogP contribution is -2.30. The summed E-state index contributed by atoms with van der Waals surface area (Å²) in [5.74, 6) is -0.242. The Morgan fingerprint density at radius 3 is 2.32 bits per heavy atom. The standard InChI is InChI=1S/C12H9ClF3N3O2S/c13-10-6-8(12(14,15)16)7-17-11(10)18-19-22(20,21)9-4-2-1-3-5-9/h1-7,19H,(H,17,18). The Hall–Kier alpha value is -1.84. The number of rotatable bonds is 4. The number of nitrogens with one attached hydrogen (secondary N) is 2. The highest BCUT2D eigenvalue weighted by Gasteiger charge is 2.31. The fourth-order valence-electron chi connectivity index (χ4n) is 1.46. The molecular formula is C12H9ClF3N3O2S. The maximum absolute atomic E-state index is 12.5. The third-order valence-corrected chi connectivity index (χ3v) is 4.08. The fraction of sp³-hybridized carbons (Fsp3) is 0.0833. The molecule has 0 radical (unpaired) electrons. The molecule has 0 aliphatic rings. The Bertz CT molecular complexity index is 767. The van der Waals surface area contributed by atoms with Crippen LogP contribution in [0.2, 0.25) is 5.02 Å². The molecule has 1 aromatic carbocycles. The van der Waals surface area contributed by atoms with Gasteiger partial charge in [-0.1, -0.05) is 29.8 Å². The minimum absolute atomic E-state index is 0.0227. The Morgan fingerprint density at radius 2 is 1.77 bits per heavy atom. The molecule has 0 saturated carbocycles. The van der Waals surface area contributed by atoms with E-state index >= 15 is 0 Å². The van der Waals surface area contributed by atoms with E-state index in [1.165, 1.54) is 24.3 Å². The van der Waals surface area contributed by atoms with E-state index in [1.54, 1.807) is 6.07 Å². The predicted molar refractivity (Wildman–Crippen MR) is 74.6 cm³/mol. The highest BCUT2D eigenvalue weighted by molar-refractivity contribution is 7.89. The number of hydrogen-bond acceptors (Lipinski definition) is 4. The summed E-state index contributed by atoms with van der Waals surface area (Å²) in [5, 5.41) is -0.370. The normalized spacial score (nSPS) is 12.2. The summed E-state index contributed by atoms with van der Waals surface area (Å²) in [6.07, 6.45) is -4.04. The van der Waals surface area contributed by atoms with Crippen LogP contribution in [-0.2, 0) is 16.2 Å². The second-order valence-electron chi connectivity index (χ2n) is 4.10. The van der Waals surface area contributed by atoms with Gasteiger partial charge in [-0.25, -0.2) is 13.4 Å². The Balaban J connectivity index is 2.16. The van der Waals surface area contributed by atoms with E-state index in [0.29, 0.717) is 12.3 Å². The van der Waals surface area contributed by atoms with Crippen molar-refractivity contribution < 1.29 is 21.6 Å². The van der Waals surface area contributed by atoms with Crippen molar-refractivity contribution in [3.05, 3.63) is 53.2 Å². The molecule has 0 aliphatic carbocycles. The van der Waals surface area contributed by atoms with E-state index in [0.717, 1.165) is 0 Å². The highest BCUT2D eigenvalue weighted by atomic mass is 35.5. The van der Waals surface area contributed by atoms with Gasteiger partial charge in [-0.2, -0.15) is 13.2 Å². The molecule has 1 aromatic heterocycles. The molecule has 10 heteroatoms. The van der Waals surface area contributed by atoms with Gasteiger partial charge in [0.05, 0.1) is 15.5 Å². The van der Waals surface area contributed by atoms with Crippen molar-refractivity contribution in [2.75, 3.05) is 5.43 Å². The Kier molecular flexibility index (Phi) is 4.59. The number of pyridine rings is 1. The molecule has 2 rings (SSSR count). The smallest absolute Gasteiger partial charge is 0.291 e. The lowest BCUT2D eigenvalue weighted by atomic mass is 10.3. The number of sulfonamides is 1. The third-order valence-electron chi connectivity index (χ3n) is 2.53. The first-order chi connectivity index (χ1) is 10.2. The summed E-state index contributed by atoms with van der Waals surface area (Å²) in [6, 6.07) is 8.04. The van der Waals surface area contributed by atoms with Gasteiger partial charge in [-0.15, -0.1) is 4.83 Å². The average molecular weight is 352 g/mol. The quantitative estimate of drug-likeness (QED) is 0.830. The summed E-state index contributed by atoms with van der Waals surface area (Å²) in [5.41, 5.74) is 1.15. The van der Waals surface area contributed by atoms with Crippen molar-refractivity contribution in [3.8, 4) is 0 Å². The topological polar surface area (TPSA) is 71.1 Å². The zero-order chi connectivity index (χ0) is 16.4. The summed E-state index contributed by atoms with van der Waals surface area (Å²) in [7, 11) is -3.90. The van der Waals surface area contributed by atoms with Gasteiger partial charge in [0.2, 0.25) is 0 Å². The van der Waals surface area contributed by atoms with Crippen LogP contribution in [0.15, 0.2) is 47.5 Å². The number of aromatic nitrogens is 1. The summed E-state index contributed by atoms with van der Waals surface area (Å²) in [6.45, 7) is 0. The van der Waals surface area contributed by atoms with Crippen LogP contribution in [0.25, 0.3) is 0 Å². The molecule has 0 bridgehead atoms. The first kappa shape index (κ1) is 16.5. The molecule has 0 aliphatic heterocycles. The van der Waals surface area contributed by atoms with Gasteiger partial charge in [0.25, 0.3) is 10.0 Å². The number of nitrogens with zero attached hydrogens (tertiary/aromatic N) is 1. The summed E-state index contributed by atoms with van der Waals surface area (Å²) in [4.78, 5) is 5.41. The van der Waals surface area contributed by atoms with Gasteiger partial charge in [0.1, 0.15) is 0 Å². The van der Waals surface area contributed by atoms with Crippen LogP contribution in [0.5, 0.6) is 0 Å². The monoisotopic (exact) mass is 351 g/mol. The van der Waals surface area contributed by atoms with Gasteiger partial charge in [-0.3, -0.25) is 5.43 Å². The second-order valence-corrected chi connectivity index (χ2v) is 6.19. The maximum atomic E-state index is 12.5. The molecule has 0 unspecified atom stereocenters. The number of hydrogen-bond donors (Lipinski definition) is 2. The molecule has 0 amide bonds. The summed E-state index contributed by atoms with van der Waals surface area (Å²) >= 11 is 5.65. The van der Waals surface area contributed by atoms with E-state index < -0.39 is 21.8 Å². The van der Waals surface area contributed by atoms with Crippen LogP contribution in [0.4, 0.5) is 19.0 Å². The number of halogens is 4. The number of anilines is 1. The van der Waals surface area contributed by atoms with Crippen LogP contribution in [0, 0.1) is 0 Å². The van der Waals surface area contributed by atoms with Crippen LogP contribution < -0.4 is 10.3 Å². The zero-order valence-electron chi connectivity index (χ0n) is 10.7. The van der Waals surface area contributed by atoms with Crippen LogP contribution in [0.3, 0.4) is 0 Å². The second kappa shape index (κ2) is 6.11. The summed E-state index contributed by atoms with van der Waals surface area (Å²) < 4.78 is 61.2. The molecule has 0 saturated heterocycles. The van der Waals surface area contributed by atoms with Gasteiger partial charge < -0.3 is 0 Å². The van der Waals surface area contributed by atoms with Crippen LogP contribution >= 0.6 is 11.6 Å². The van der Waals surface area contributed by atoms with Gasteiger partial charge >= 0.3 is 6.18 Å². The average Bonchev–Trinajstić information content (AvgIpc) is 2.46. The minimum atomic E-state index is -4.58. The van der Waals surface area contributed by atoms with Crippen molar-refractivity contribution in [2.24, 2.45) is 0 Å². The van der Waals surface area contributed by atoms with Gasteiger partial charge in [0.15, 0.2) is 5.82 Å². The van der Waals surface area contributed by atoms with E-state index in [9.17, 15) is 21.6 Å². The molecule has 5 nitrogen and oxygen atoms in total. The molecular weight excluding hydrogens is 343 g/mol. The number of hydrazine groups is 1. The number of benzene rings is 1. The molecule has 1 heterocycles. The third kappa shape index (κ3) is 3.87. The van der Waals surface area contributed by atoms with Gasteiger partial charge in [-0.05, 0) is 18.2 Å². The molecule has 22 heavy (non-hydrogen) atoms. The van der Waals surface area contributed by atoms with Crippen molar-refractivity contribution in [3.63, 3.8) is 0 Å². The zero-order valence-corrected chi connectivity index (χ0v) is 12.3. The van der Waals surface area contributed by atoms with Crippen LogP contribution in [0.1, 0.15) is 5.56 Å². The molecule has 0 atom stereocenters. The van der Waals surface area contributed by atoms with E-state index in [4.69, 9.17) is 11.6 Å². The highest BCUT2D eigenvalue weighted by Crippen LogP contribution is 2.32. The molecule has 0 fully saturated rings. The maximum Gasteiger partial charge on any atom is 0.417 e. The molecule has 2 aromatic rings. The Labute approximate surface area is 129 Å². The lowest BCUT2D eigenvalue weighted by molar-refractivity contribution is -0.137. The van der Waals surface area contributed by atoms with Crippen molar-refractivity contribution in [1.82, 2.24) is 9.82 Å². The van der Waals surface area contributed by atoms with Crippen molar-refractivity contribution >= 4 is 27.4 Å². The first-order valence-electron chi connectivity index (χ1n) is 5.76. The van der Waals surface area contributed by atoms with Crippen LogP contribution in [-0.4, -0.2) is 13.4 Å². The van der Waals surface area contributed by atoms with E-state index in [2.05, 4.69) is 10.4 Å². The van der Waals surface area contributed by atoms with Gasteiger partial charge in [0, 0.05) is 6.20 Å². The molecule has 118 valence electrons. The largest absolute Gasteiger partial charge is 0.417 e. The minimum Gasteiger partial charge on any atom is -0.291 e. The SMILES string of the molecule is O=S(=O)(NNc1ncc(C(F)(F)F)cc1Cl)c1ccccc1. The Morgan fingerprint density at radius 1 is 1.14 bits per heavy atom. The molecule has 0 spiro atoms. The molecule has 2 N–H and O–H groups in total. The predicted octanol–water partition coefficient (Wildman–Crippen LogP) is 3.06. The first-order valence-corrected chi connectivity index (χ1v) is 7.62. The lowest BCUT2D eigenvalue weighted by Gasteiger charge is -2.12.